The third-order valence-electron chi connectivity index (χ3n) is 4.43. The average Bonchev–Trinajstić information content (AvgIpc) is 2.31. The molecule has 1 aromatic heterocycles. The van der Waals surface area contributed by atoms with Gasteiger partial charge in [-0.15, -0.1) is 0 Å². The predicted molar refractivity (Wildman–Crippen MR) is 74.4 cm³/mol. The van der Waals surface area contributed by atoms with Crippen LogP contribution in [0, 0.1) is 12.3 Å². The van der Waals surface area contributed by atoms with E-state index in [-0.39, 0.29) is 22.8 Å². The first-order valence-corrected chi connectivity index (χ1v) is 8.46. The van der Waals surface area contributed by atoms with Crippen LogP contribution in [-0.2, 0) is 20.6 Å². The SMILES string of the molecule is Cc1nc(C(C)(F)F)ccc1S(=O)(=O)C1C(=O)CC12CNC2. The van der Waals surface area contributed by atoms with E-state index in [0.29, 0.717) is 20.0 Å². The van der Waals surface area contributed by atoms with Gasteiger partial charge < -0.3 is 5.32 Å². The zero-order valence-corrected chi connectivity index (χ0v) is 13.0. The maximum atomic E-state index is 13.3. The smallest absolute Gasteiger partial charge is 0.286 e. The standard InChI is InChI=1S/C14H16F2N2O3S/c1-8-10(3-4-11(18-8)13(2,15)16)22(20,21)12-9(19)5-14(12)6-17-7-14/h3-4,12,17H,5-7H2,1-2H3. The van der Waals surface area contributed by atoms with Crippen LogP contribution >= 0.6 is 0 Å². The van der Waals surface area contributed by atoms with Gasteiger partial charge in [-0.2, -0.15) is 8.78 Å². The van der Waals surface area contributed by atoms with Gasteiger partial charge in [-0.25, -0.2) is 8.42 Å². The first kappa shape index (κ1) is 15.5. The van der Waals surface area contributed by atoms with Crippen molar-refractivity contribution in [2.24, 2.45) is 5.41 Å². The van der Waals surface area contributed by atoms with Gasteiger partial charge in [-0.05, 0) is 19.1 Å². The molecule has 1 unspecified atom stereocenters. The minimum absolute atomic E-state index is 0.00107. The van der Waals surface area contributed by atoms with Gasteiger partial charge >= 0.3 is 0 Å². The van der Waals surface area contributed by atoms with Crippen LogP contribution in [0.5, 0.6) is 0 Å². The highest BCUT2D eigenvalue weighted by molar-refractivity contribution is 7.93. The molecule has 1 aromatic rings. The number of aromatic nitrogens is 1. The number of nitrogens with one attached hydrogen (secondary N) is 1. The normalized spacial score (nSPS) is 24.0. The van der Waals surface area contributed by atoms with Gasteiger partial charge in [0.2, 0.25) is 0 Å². The highest BCUT2D eigenvalue weighted by Crippen LogP contribution is 2.47. The summed E-state index contributed by atoms with van der Waals surface area (Å²) in [5.41, 5.74) is -1.01. The van der Waals surface area contributed by atoms with E-state index in [1.54, 1.807) is 0 Å². The van der Waals surface area contributed by atoms with E-state index in [2.05, 4.69) is 10.3 Å². The van der Waals surface area contributed by atoms with Gasteiger partial charge in [-0.3, -0.25) is 9.78 Å². The topological polar surface area (TPSA) is 76.1 Å². The minimum atomic E-state index is -3.91. The van der Waals surface area contributed by atoms with Crippen LogP contribution in [0.25, 0.3) is 0 Å². The second-order valence-corrected chi connectivity index (χ2v) is 8.20. The lowest BCUT2D eigenvalue weighted by Gasteiger charge is -2.53. The summed E-state index contributed by atoms with van der Waals surface area (Å²) in [4.78, 5) is 15.4. The van der Waals surface area contributed by atoms with E-state index in [9.17, 15) is 22.0 Å². The molecule has 120 valence electrons. The summed E-state index contributed by atoms with van der Waals surface area (Å²) in [6.07, 6.45) is 0.251. The van der Waals surface area contributed by atoms with E-state index in [4.69, 9.17) is 0 Å². The lowest BCUT2D eigenvalue weighted by molar-refractivity contribution is -0.134. The Kier molecular flexibility index (Phi) is 3.20. The maximum Gasteiger partial charge on any atom is 0.286 e. The van der Waals surface area contributed by atoms with Crippen LogP contribution in [-0.4, -0.2) is 37.5 Å². The van der Waals surface area contributed by atoms with E-state index in [0.717, 1.165) is 12.1 Å². The van der Waals surface area contributed by atoms with Crippen LogP contribution in [0.3, 0.4) is 0 Å². The van der Waals surface area contributed by atoms with Crippen molar-refractivity contribution in [3.05, 3.63) is 23.5 Å². The Labute approximate surface area is 127 Å². The molecule has 1 saturated heterocycles. The number of carbonyl (C=O) groups excluding carboxylic acids is 1. The molecule has 1 saturated carbocycles. The zero-order chi connectivity index (χ0) is 16.3. The van der Waals surface area contributed by atoms with Crippen LogP contribution in [0.1, 0.15) is 24.7 Å². The molecule has 0 radical (unpaired) electrons. The monoisotopic (exact) mass is 330 g/mol. The molecule has 3 rings (SSSR count). The average molecular weight is 330 g/mol. The fraction of sp³-hybridized carbons (Fsp3) is 0.571. The van der Waals surface area contributed by atoms with Crippen molar-refractivity contribution < 1.29 is 22.0 Å². The molecule has 0 aromatic carbocycles. The van der Waals surface area contributed by atoms with Crippen molar-refractivity contribution in [2.75, 3.05) is 13.1 Å². The zero-order valence-electron chi connectivity index (χ0n) is 12.2. The number of ketones is 1. The van der Waals surface area contributed by atoms with E-state index < -0.39 is 32.1 Å². The van der Waals surface area contributed by atoms with Crippen molar-refractivity contribution in [1.82, 2.24) is 10.3 Å². The van der Waals surface area contributed by atoms with E-state index in [1.807, 2.05) is 0 Å². The quantitative estimate of drug-likeness (QED) is 0.901. The fourth-order valence-corrected chi connectivity index (χ4v) is 5.53. The number of aryl methyl sites for hydroxylation is 1. The first-order chi connectivity index (χ1) is 10.1. The Hall–Kier alpha value is -1.41. The van der Waals surface area contributed by atoms with Crippen LogP contribution in [0.2, 0.25) is 0 Å². The van der Waals surface area contributed by atoms with Crippen molar-refractivity contribution in [3.63, 3.8) is 0 Å². The first-order valence-electron chi connectivity index (χ1n) is 6.91. The third kappa shape index (κ3) is 2.08. The summed E-state index contributed by atoms with van der Waals surface area (Å²) in [5.74, 6) is -3.45. The Morgan fingerprint density at radius 1 is 1.36 bits per heavy atom. The second kappa shape index (κ2) is 4.55. The Morgan fingerprint density at radius 3 is 2.41 bits per heavy atom. The maximum absolute atomic E-state index is 13.3. The highest BCUT2D eigenvalue weighted by Gasteiger charge is 2.63. The van der Waals surface area contributed by atoms with E-state index in [1.165, 1.54) is 6.92 Å². The molecular weight excluding hydrogens is 314 g/mol. The molecule has 1 spiro atoms. The number of alkyl halides is 2. The summed E-state index contributed by atoms with van der Waals surface area (Å²) in [5, 5.41) is 1.90. The lowest BCUT2D eigenvalue weighted by atomic mass is 9.63. The summed E-state index contributed by atoms with van der Waals surface area (Å²) in [6.45, 7) is 3.05. The van der Waals surface area contributed by atoms with Gasteiger partial charge in [-0.1, -0.05) is 0 Å². The van der Waals surface area contributed by atoms with E-state index >= 15 is 0 Å². The van der Waals surface area contributed by atoms with Crippen LogP contribution < -0.4 is 5.32 Å². The fourth-order valence-electron chi connectivity index (χ4n) is 3.22. The van der Waals surface area contributed by atoms with Gasteiger partial charge in [0.05, 0.1) is 10.6 Å². The second-order valence-electron chi connectivity index (χ2n) is 6.20. The lowest BCUT2D eigenvalue weighted by Crippen LogP contribution is -2.71. The predicted octanol–water partition coefficient (Wildman–Crippen LogP) is 1.21. The molecule has 0 amide bonds. The van der Waals surface area contributed by atoms with Crippen LogP contribution in [0.4, 0.5) is 8.78 Å². The Bertz CT molecular complexity index is 752. The number of carbonyl (C=O) groups is 1. The highest BCUT2D eigenvalue weighted by atomic mass is 32.2. The number of nitrogens with zero attached hydrogens (tertiary/aromatic N) is 1. The number of pyridine rings is 1. The van der Waals surface area contributed by atoms with Crippen molar-refractivity contribution >= 4 is 15.6 Å². The van der Waals surface area contributed by atoms with Crippen molar-refractivity contribution in [2.45, 2.75) is 36.3 Å². The minimum Gasteiger partial charge on any atom is -0.315 e. The van der Waals surface area contributed by atoms with Gasteiger partial charge in [0, 0.05) is 31.8 Å². The Morgan fingerprint density at radius 2 is 2.00 bits per heavy atom. The molecule has 5 nitrogen and oxygen atoms in total. The van der Waals surface area contributed by atoms with Gasteiger partial charge in [0.1, 0.15) is 10.9 Å². The summed E-state index contributed by atoms with van der Waals surface area (Å²) >= 11 is 0. The third-order valence-corrected chi connectivity index (χ3v) is 6.86. The van der Waals surface area contributed by atoms with Crippen molar-refractivity contribution in [3.8, 4) is 0 Å². The number of halogens is 2. The molecule has 8 heteroatoms. The number of rotatable bonds is 3. The largest absolute Gasteiger partial charge is 0.315 e. The van der Waals surface area contributed by atoms with Crippen molar-refractivity contribution in [1.29, 1.82) is 0 Å². The summed E-state index contributed by atoms with van der Waals surface area (Å²) in [6, 6.07) is 2.14. The molecule has 22 heavy (non-hydrogen) atoms. The molecule has 1 aliphatic carbocycles. The number of hydrogen-bond acceptors (Lipinski definition) is 5. The summed E-state index contributed by atoms with van der Waals surface area (Å²) < 4.78 is 52.0. The number of Topliss-reactive ketones (excluding diaryl/α,β-unsaturated/α-hetero) is 1. The molecule has 1 aliphatic heterocycles. The Balaban J connectivity index is 2.01. The molecule has 2 fully saturated rings. The molecule has 2 heterocycles. The molecule has 2 aliphatic rings. The molecule has 1 N–H and O–H groups in total. The van der Waals surface area contributed by atoms with Crippen LogP contribution in [0.15, 0.2) is 17.0 Å². The number of hydrogen-bond donors (Lipinski definition) is 1. The number of sulfone groups is 1. The van der Waals surface area contributed by atoms with Gasteiger partial charge in [0.15, 0.2) is 15.6 Å². The summed E-state index contributed by atoms with van der Waals surface area (Å²) in [7, 11) is -3.91. The molecular formula is C14H16F2N2O3S. The van der Waals surface area contributed by atoms with Gasteiger partial charge in [0.25, 0.3) is 5.92 Å². The molecule has 1 atom stereocenters. The molecule has 0 bridgehead atoms.